The van der Waals surface area contributed by atoms with Gasteiger partial charge in [-0.2, -0.15) is 0 Å². The average molecular weight is 286 g/mol. The molecule has 5 nitrogen and oxygen atoms in total. The van der Waals surface area contributed by atoms with Crippen LogP contribution in [-0.4, -0.2) is 18.9 Å². The predicted octanol–water partition coefficient (Wildman–Crippen LogP) is 2.34. The summed E-state index contributed by atoms with van der Waals surface area (Å²) in [7, 11) is 1.39. The summed E-state index contributed by atoms with van der Waals surface area (Å²) >= 11 is 0. The molecule has 1 aliphatic heterocycles. The number of aliphatic imine (C=N–C) groups is 1. The molecule has 0 atom stereocenters. The van der Waals surface area contributed by atoms with Gasteiger partial charge >= 0.3 is 0 Å². The van der Waals surface area contributed by atoms with Crippen LogP contribution in [0.15, 0.2) is 51.7 Å². The number of carbonyl (C=O) groups excluding carboxylic acids is 1. The lowest BCUT2D eigenvalue weighted by Crippen LogP contribution is -2.24. The molecule has 1 aromatic carbocycles. The minimum atomic E-state index is -0.500. The van der Waals surface area contributed by atoms with Crippen LogP contribution < -0.4 is 10.1 Å². The zero-order valence-electron chi connectivity index (χ0n) is 11.1. The van der Waals surface area contributed by atoms with Crippen LogP contribution >= 0.6 is 0 Å². The zero-order chi connectivity index (χ0) is 14.8. The number of nitrogens with zero attached hydrogens (tertiary/aromatic N) is 1. The fourth-order valence-electron chi connectivity index (χ4n) is 1.93. The Bertz CT molecular complexity index is 748. The summed E-state index contributed by atoms with van der Waals surface area (Å²) in [6.45, 7) is 0. The average Bonchev–Trinajstić information content (AvgIpc) is 3.10. The van der Waals surface area contributed by atoms with Crippen molar-refractivity contribution >= 4 is 17.8 Å². The minimum absolute atomic E-state index is 0.146. The second kappa shape index (κ2) is 5.24. The minimum Gasteiger partial charge on any atom is -0.494 e. The highest BCUT2D eigenvalue weighted by molar-refractivity contribution is 6.18. The highest BCUT2D eigenvalue weighted by atomic mass is 19.1. The first-order chi connectivity index (χ1) is 10.2. The molecule has 0 bridgehead atoms. The summed E-state index contributed by atoms with van der Waals surface area (Å²) in [6, 6.07) is 7.80. The first-order valence-electron chi connectivity index (χ1n) is 6.16. The van der Waals surface area contributed by atoms with Crippen molar-refractivity contribution in [3.63, 3.8) is 0 Å². The van der Waals surface area contributed by atoms with Gasteiger partial charge in [0.15, 0.2) is 23.2 Å². The summed E-state index contributed by atoms with van der Waals surface area (Å²) in [5.74, 6) is 0.0869. The number of nitrogens with one attached hydrogen (secondary N) is 1. The van der Waals surface area contributed by atoms with E-state index >= 15 is 0 Å². The second-order valence-corrected chi connectivity index (χ2v) is 4.32. The number of methoxy groups -OCH3 is 1. The molecule has 0 spiro atoms. The number of hydrogen-bond donors (Lipinski definition) is 1. The van der Waals surface area contributed by atoms with Gasteiger partial charge in [0, 0.05) is 0 Å². The Balaban J connectivity index is 1.92. The Morgan fingerprint density at radius 2 is 2.24 bits per heavy atom. The summed E-state index contributed by atoms with van der Waals surface area (Å²) < 4.78 is 23.6. The Hall–Kier alpha value is -2.89. The molecule has 106 valence electrons. The van der Waals surface area contributed by atoms with Crippen LogP contribution in [0.5, 0.6) is 5.75 Å². The molecule has 0 saturated carbocycles. The Morgan fingerprint density at radius 1 is 1.38 bits per heavy atom. The molecule has 3 rings (SSSR count). The molecule has 2 heterocycles. The van der Waals surface area contributed by atoms with Crippen LogP contribution in [0.3, 0.4) is 0 Å². The Kier molecular flexibility index (Phi) is 3.27. The van der Waals surface area contributed by atoms with E-state index in [0.717, 1.165) is 0 Å². The van der Waals surface area contributed by atoms with E-state index in [1.807, 2.05) is 0 Å². The van der Waals surface area contributed by atoms with E-state index in [9.17, 15) is 9.18 Å². The number of benzene rings is 1. The zero-order valence-corrected chi connectivity index (χ0v) is 11.1. The van der Waals surface area contributed by atoms with Crippen molar-refractivity contribution in [2.75, 3.05) is 7.11 Å². The monoisotopic (exact) mass is 286 g/mol. The third-order valence-corrected chi connectivity index (χ3v) is 2.93. The molecule has 21 heavy (non-hydrogen) atoms. The van der Waals surface area contributed by atoms with Crippen LogP contribution in [0.25, 0.3) is 6.08 Å². The van der Waals surface area contributed by atoms with Crippen LogP contribution in [0.2, 0.25) is 0 Å². The topological polar surface area (TPSA) is 63.8 Å². The number of ether oxygens (including phenoxy) is 1. The van der Waals surface area contributed by atoms with Crippen LogP contribution in [-0.2, 0) is 4.79 Å². The number of halogens is 1. The van der Waals surface area contributed by atoms with Crippen molar-refractivity contribution in [2.45, 2.75) is 0 Å². The smallest absolute Gasteiger partial charge is 0.275 e. The second-order valence-electron chi connectivity index (χ2n) is 4.32. The number of furan rings is 1. The Labute approximate surface area is 119 Å². The van der Waals surface area contributed by atoms with E-state index in [4.69, 9.17) is 9.15 Å². The van der Waals surface area contributed by atoms with Crippen molar-refractivity contribution in [2.24, 2.45) is 4.99 Å². The van der Waals surface area contributed by atoms with E-state index in [2.05, 4.69) is 10.3 Å². The summed E-state index contributed by atoms with van der Waals surface area (Å²) in [5, 5.41) is 2.59. The lowest BCUT2D eigenvalue weighted by molar-refractivity contribution is -0.115. The molecule has 1 aliphatic rings. The number of carbonyl (C=O) groups is 1. The molecule has 1 amide bonds. The molecule has 0 fully saturated rings. The fourth-order valence-corrected chi connectivity index (χ4v) is 1.93. The van der Waals surface area contributed by atoms with Gasteiger partial charge in [-0.1, -0.05) is 6.07 Å². The van der Waals surface area contributed by atoms with Crippen LogP contribution in [0, 0.1) is 5.82 Å². The predicted molar refractivity (Wildman–Crippen MR) is 74.3 cm³/mol. The highest BCUT2D eigenvalue weighted by Crippen LogP contribution is 2.21. The third kappa shape index (κ3) is 2.55. The van der Waals surface area contributed by atoms with E-state index in [0.29, 0.717) is 17.2 Å². The SMILES string of the molecule is COc1ccc(/C=C2/N=C(c3ccco3)NC2=O)cc1F. The van der Waals surface area contributed by atoms with Gasteiger partial charge in [0.1, 0.15) is 5.70 Å². The lowest BCUT2D eigenvalue weighted by Gasteiger charge is -2.02. The van der Waals surface area contributed by atoms with Gasteiger partial charge in [-0.15, -0.1) is 0 Å². The largest absolute Gasteiger partial charge is 0.494 e. The van der Waals surface area contributed by atoms with Crippen molar-refractivity contribution in [1.82, 2.24) is 5.32 Å². The van der Waals surface area contributed by atoms with Gasteiger partial charge in [0.25, 0.3) is 5.91 Å². The molecular formula is C15H11FN2O3. The van der Waals surface area contributed by atoms with E-state index in [1.54, 1.807) is 18.2 Å². The maximum absolute atomic E-state index is 13.6. The Morgan fingerprint density at radius 3 is 2.90 bits per heavy atom. The van der Waals surface area contributed by atoms with Gasteiger partial charge in [-0.05, 0) is 35.9 Å². The molecule has 0 aliphatic carbocycles. The molecule has 0 unspecified atom stereocenters. The van der Waals surface area contributed by atoms with Crippen molar-refractivity contribution in [3.8, 4) is 5.75 Å². The first kappa shape index (κ1) is 13.1. The number of amides is 1. The maximum Gasteiger partial charge on any atom is 0.275 e. The van der Waals surface area contributed by atoms with E-state index in [-0.39, 0.29) is 17.4 Å². The van der Waals surface area contributed by atoms with E-state index in [1.165, 1.54) is 31.6 Å². The molecule has 1 N–H and O–H groups in total. The van der Waals surface area contributed by atoms with Crippen LogP contribution in [0.4, 0.5) is 4.39 Å². The molecule has 2 aromatic rings. The van der Waals surface area contributed by atoms with Gasteiger partial charge < -0.3 is 14.5 Å². The highest BCUT2D eigenvalue weighted by Gasteiger charge is 2.22. The van der Waals surface area contributed by atoms with Gasteiger partial charge in [0.05, 0.1) is 13.4 Å². The molecular weight excluding hydrogens is 275 g/mol. The van der Waals surface area contributed by atoms with Crippen molar-refractivity contribution in [3.05, 3.63) is 59.4 Å². The number of amidine groups is 1. The summed E-state index contributed by atoms with van der Waals surface area (Å²) in [6.07, 6.45) is 2.98. The van der Waals surface area contributed by atoms with Crippen molar-refractivity contribution < 1.29 is 18.3 Å². The van der Waals surface area contributed by atoms with Gasteiger partial charge in [0.2, 0.25) is 0 Å². The number of hydrogen-bond acceptors (Lipinski definition) is 4. The standard InChI is InChI=1S/C15H11FN2O3/c1-20-12-5-4-9(7-10(12)16)8-11-15(19)18-14(17-11)13-3-2-6-21-13/h2-8H,1H3,(H,17,18,19)/b11-8+. The quantitative estimate of drug-likeness (QED) is 0.881. The van der Waals surface area contributed by atoms with E-state index < -0.39 is 5.82 Å². The normalized spacial score (nSPS) is 16.0. The maximum atomic E-state index is 13.6. The molecule has 0 radical (unpaired) electrons. The lowest BCUT2D eigenvalue weighted by atomic mass is 10.2. The molecule has 6 heteroatoms. The fraction of sp³-hybridized carbons (Fsp3) is 0.0667. The van der Waals surface area contributed by atoms with Crippen molar-refractivity contribution in [1.29, 1.82) is 0 Å². The molecule has 1 aromatic heterocycles. The van der Waals surface area contributed by atoms with Crippen LogP contribution in [0.1, 0.15) is 11.3 Å². The summed E-state index contributed by atoms with van der Waals surface area (Å²) in [5.41, 5.74) is 0.703. The van der Waals surface area contributed by atoms with Gasteiger partial charge in [-0.25, -0.2) is 9.38 Å². The summed E-state index contributed by atoms with van der Waals surface area (Å²) in [4.78, 5) is 16.0. The number of rotatable bonds is 3. The third-order valence-electron chi connectivity index (χ3n) is 2.93. The molecule has 0 saturated heterocycles. The first-order valence-corrected chi connectivity index (χ1v) is 6.16. The van der Waals surface area contributed by atoms with Gasteiger partial charge in [-0.3, -0.25) is 4.79 Å².